The molecule has 0 atom stereocenters. The van der Waals surface area contributed by atoms with E-state index in [0.29, 0.717) is 5.69 Å². The second-order valence-corrected chi connectivity index (χ2v) is 8.58. The Morgan fingerprint density at radius 3 is 2.43 bits per heavy atom. The number of nitrogens with zero attached hydrogens (tertiary/aromatic N) is 2. The van der Waals surface area contributed by atoms with Gasteiger partial charge in [0.1, 0.15) is 11.6 Å². The van der Waals surface area contributed by atoms with Crippen LogP contribution in [0.4, 0.5) is 20.2 Å². The number of aromatic nitrogens is 1. The Bertz CT molecular complexity index is 1080. The van der Waals surface area contributed by atoms with Crippen LogP contribution in [-0.4, -0.2) is 24.0 Å². The van der Waals surface area contributed by atoms with Gasteiger partial charge in [-0.1, -0.05) is 0 Å². The number of amides is 1. The number of carbonyl (C=O) groups excluding carboxylic acids is 1. The number of rotatable bonds is 3. The molecule has 5 rings (SSSR count). The van der Waals surface area contributed by atoms with Gasteiger partial charge >= 0.3 is 0 Å². The standard InChI is InChI=1S/C24H23F2N3O/c25-17-1-4-19(5-2-17)28-23(30)16-14-24(15-16)8-11-29(12-9-24)22-7-10-27-21-6-3-18(26)13-20(21)22/h1-7,10,13,16H,8-9,11-12,14-15H2,(H,28,30). The van der Waals surface area contributed by atoms with Gasteiger partial charge in [0.15, 0.2) is 0 Å². The summed E-state index contributed by atoms with van der Waals surface area (Å²) in [7, 11) is 0. The summed E-state index contributed by atoms with van der Waals surface area (Å²) < 4.78 is 26.8. The van der Waals surface area contributed by atoms with E-state index in [2.05, 4.69) is 15.2 Å². The molecule has 4 nitrogen and oxygen atoms in total. The Kier molecular flexibility index (Phi) is 4.65. The smallest absolute Gasteiger partial charge is 0.227 e. The number of fused-ring (bicyclic) bond motifs is 1. The summed E-state index contributed by atoms with van der Waals surface area (Å²) in [6.07, 6.45) is 5.59. The van der Waals surface area contributed by atoms with E-state index in [1.165, 1.54) is 18.2 Å². The number of hydrogen-bond donors (Lipinski definition) is 1. The molecule has 1 aliphatic heterocycles. The fourth-order valence-electron chi connectivity index (χ4n) is 4.96. The fraction of sp³-hybridized carbons (Fsp3) is 0.333. The van der Waals surface area contributed by atoms with Crippen LogP contribution in [0, 0.1) is 23.0 Å². The topological polar surface area (TPSA) is 45.2 Å². The van der Waals surface area contributed by atoms with Gasteiger partial charge in [-0.05, 0) is 79.6 Å². The van der Waals surface area contributed by atoms with Crippen LogP contribution in [0.25, 0.3) is 10.9 Å². The minimum absolute atomic E-state index is 0.0115. The van der Waals surface area contributed by atoms with Gasteiger partial charge in [-0.15, -0.1) is 0 Å². The summed E-state index contributed by atoms with van der Waals surface area (Å²) in [4.78, 5) is 19.2. The van der Waals surface area contributed by atoms with Crippen molar-refractivity contribution in [3.05, 3.63) is 66.4 Å². The molecule has 2 aliphatic rings. The summed E-state index contributed by atoms with van der Waals surface area (Å²) >= 11 is 0. The van der Waals surface area contributed by atoms with Crippen molar-refractivity contribution >= 4 is 28.2 Å². The van der Waals surface area contributed by atoms with Gasteiger partial charge in [-0.3, -0.25) is 9.78 Å². The average molecular weight is 407 g/mol. The maximum Gasteiger partial charge on any atom is 0.227 e. The van der Waals surface area contributed by atoms with Crippen LogP contribution >= 0.6 is 0 Å². The van der Waals surface area contributed by atoms with Crippen LogP contribution in [0.1, 0.15) is 25.7 Å². The second-order valence-electron chi connectivity index (χ2n) is 8.58. The van der Waals surface area contributed by atoms with Gasteiger partial charge < -0.3 is 10.2 Å². The number of hydrogen-bond acceptors (Lipinski definition) is 3. The zero-order valence-corrected chi connectivity index (χ0v) is 16.6. The lowest BCUT2D eigenvalue weighted by Crippen LogP contribution is -2.50. The monoisotopic (exact) mass is 407 g/mol. The predicted molar refractivity (Wildman–Crippen MR) is 113 cm³/mol. The quantitative estimate of drug-likeness (QED) is 0.653. The molecule has 1 amide bonds. The third kappa shape index (κ3) is 3.51. The van der Waals surface area contributed by atoms with Crippen LogP contribution in [0.2, 0.25) is 0 Å². The third-order valence-corrected chi connectivity index (χ3v) is 6.69. The second kappa shape index (κ2) is 7.35. The zero-order chi connectivity index (χ0) is 20.7. The van der Waals surface area contributed by atoms with Crippen LogP contribution in [0.15, 0.2) is 54.7 Å². The molecule has 1 aliphatic carbocycles. The van der Waals surface area contributed by atoms with E-state index in [9.17, 15) is 13.6 Å². The van der Waals surface area contributed by atoms with E-state index >= 15 is 0 Å². The first-order valence-corrected chi connectivity index (χ1v) is 10.4. The maximum absolute atomic E-state index is 13.8. The van der Waals surface area contributed by atoms with Crippen LogP contribution in [0.3, 0.4) is 0 Å². The number of carbonyl (C=O) groups is 1. The highest BCUT2D eigenvalue weighted by atomic mass is 19.1. The summed E-state index contributed by atoms with van der Waals surface area (Å²) in [6.45, 7) is 1.78. The third-order valence-electron chi connectivity index (χ3n) is 6.69. The van der Waals surface area contributed by atoms with Crippen molar-refractivity contribution in [1.82, 2.24) is 4.98 Å². The Morgan fingerprint density at radius 2 is 1.70 bits per heavy atom. The Morgan fingerprint density at radius 1 is 1.00 bits per heavy atom. The molecule has 1 aromatic heterocycles. The number of piperidine rings is 1. The molecule has 0 unspecified atom stereocenters. The Labute approximate surface area is 173 Å². The first-order chi connectivity index (χ1) is 14.5. The molecule has 1 saturated heterocycles. The maximum atomic E-state index is 13.8. The molecule has 3 aromatic rings. The van der Waals surface area contributed by atoms with Crippen LogP contribution < -0.4 is 10.2 Å². The van der Waals surface area contributed by atoms with Crippen molar-refractivity contribution in [2.45, 2.75) is 25.7 Å². The van der Waals surface area contributed by atoms with Gasteiger partial charge in [0.25, 0.3) is 0 Å². The molecule has 0 bridgehead atoms. The Balaban J connectivity index is 1.21. The van der Waals surface area contributed by atoms with E-state index < -0.39 is 0 Å². The van der Waals surface area contributed by atoms with E-state index in [4.69, 9.17) is 0 Å². The lowest BCUT2D eigenvalue weighted by molar-refractivity contribution is -0.128. The summed E-state index contributed by atoms with van der Waals surface area (Å²) in [5.74, 6) is -0.533. The number of benzene rings is 2. The number of nitrogens with one attached hydrogen (secondary N) is 1. The highest BCUT2D eigenvalue weighted by Crippen LogP contribution is 2.53. The van der Waals surface area contributed by atoms with Crippen molar-refractivity contribution in [3.63, 3.8) is 0 Å². The molecular formula is C24H23F2N3O. The molecule has 2 fully saturated rings. The summed E-state index contributed by atoms with van der Waals surface area (Å²) in [5, 5.41) is 3.74. The molecule has 154 valence electrons. The van der Waals surface area contributed by atoms with Gasteiger partial charge in [0.2, 0.25) is 5.91 Å². The fourth-order valence-corrected chi connectivity index (χ4v) is 4.96. The van der Waals surface area contributed by atoms with Crippen LogP contribution in [-0.2, 0) is 4.79 Å². The van der Waals surface area contributed by atoms with E-state index in [-0.39, 0.29) is 28.9 Å². The highest BCUT2D eigenvalue weighted by molar-refractivity contribution is 5.93. The minimum atomic E-state index is -0.313. The number of halogens is 2. The summed E-state index contributed by atoms with van der Waals surface area (Å²) in [6, 6.07) is 12.5. The lowest BCUT2D eigenvalue weighted by atomic mass is 9.57. The molecule has 1 saturated carbocycles. The first-order valence-electron chi connectivity index (χ1n) is 10.4. The number of pyridine rings is 1. The van der Waals surface area contributed by atoms with Gasteiger partial charge in [-0.25, -0.2) is 8.78 Å². The predicted octanol–water partition coefficient (Wildman–Crippen LogP) is 5.15. The van der Waals surface area contributed by atoms with Crippen molar-refractivity contribution in [2.24, 2.45) is 11.3 Å². The molecule has 1 N–H and O–H groups in total. The van der Waals surface area contributed by atoms with Crippen molar-refractivity contribution in [2.75, 3.05) is 23.3 Å². The number of anilines is 2. The minimum Gasteiger partial charge on any atom is -0.371 e. The van der Waals surface area contributed by atoms with Gasteiger partial charge in [0, 0.05) is 42.0 Å². The SMILES string of the molecule is O=C(Nc1ccc(F)cc1)C1CC2(CCN(c3ccnc4ccc(F)cc34)CC2)C1. The summed E-state index contributed by atoms with van der Waals surface area (Å²) in [5.41, 5.74) is 2.68. The van der Waals surface area contributed by atoms with Crippen molar-refractivity contribution in [1.29, 1.82) is 0 Å². The van der Waals surface area contributed by atoms with Gasteiger partial charge in [-0.2, -0.15) is 0 Å². The molecule has 0 radical (unpaired) electrons. The molecule has 2 aromatic carbocycles. The largest absolute Gasteiger partial charge is 0.371 e. The van der Waals surface area contributed by atoms with Crippen LogP contribution in [0.5, 0.6) is 0 Å². The molecule has 30 heavy (non-hydrogen) atoms. The van der Waals surface area contributed by atoms with Crippen molar-refractivity contribution in [3.8, 4) is 0 Å². The molecular weight excluding hydrogens is 384 g/mol. The van der Waals surface area contributed by atoms with E-state index in [1.807, 2.05) is 6.07 Å². The highest BCUT2D eigenvalue weighted by Gasteiger charge is 2.48. The Hall–Kier alpha value is -3.02. The van der Waals surface area contributed by atoms with Gasteiger partial charge in [0.05, 0.1) is 5.52 Å². The zero-order valence-electron chi connectivity index (χ0n) is 16.6. The van der Waals surface area contributed by atoms with E-state index in [0.717, 1.165) is 55.4 Å². The van der Waals surface area contributed by atoms with Crippen molar-refractivity contribution < 1.29 is 13.6 Å². The molecule has 6 heteroatoms. The normalized spacial score (nSPS) is 18.4. The molecule has 1 spiro atoms. The molecule has 2 heterocycles. The lowest BCUT2D eigenvalue weighted by Gasteiger charge is -2.52. The average Bonchev–Trinajstić information content (AvgIpc) is 2.73. The first kappa shape index (κ1) is 19.0. The van der Waals surface area contributed by atoms with E-state index in [1.54, 1.807) is 30.5 Å².